The molecule has 7 heteroatoms. The smallest absolute Gasteiger partial charge is 0.272 e. The first-order valence-electron chi connectivity index (χ1n) is 10.0. The van der Waals surface area contributed by atoms with Gasteiger partial charge in [0.05, 0.1) is 22.8 Å². The molecule has 32 heavy (non-hydrogen) atoms. The van der Waals surface area contributed by atoms with Gasteiger partial charge in [-0.25, -0.2) is 13.7 Å². The number of imide groups is 1. The summed E-state index contributed by atoms with van der Waals surface area (Å²) >= 11 is 1.16. The van der Waals surface area contributed by atoms with Crippen molar-refractivity contribution in [2.24, 2.45) is 0 Å². The lowest BCUT2D eigenvalue weighted by Crippen LogP contribution is -2.31. The van der Waals surface area contributed by atoms with Crippen LogP contribution in [-0.4, -0.2) is 18.4 Å². The predicted molar refractivity (Wildman–Crippen MR) is 120 cm³/mol. The second kappa shape index (κ2) is 9.36. The van der Waals surface area contributed by atoms with Gasteiger partial charge < -0.3 is 4.74 Å². The van der Waals surface area contributed by atoms with E-state index in [0.29, 0.717) is 17.9 Å². The zero-order chi connectivity index (χ0) is 22.7. The summed E-state index contributed by atoms with van der Waals surface area (Å²) in [5.41, 5.74) is 0.717. The summed E-state index contributed by atoms with van der Waals surface area (Å²) in [6.07, 6.45) is 0.862. The maximum absolute atomic E-state index is 13.8. The first-order chi connectivity index (χ1) is 15.5. The van der Waals surface area contributed by atoms with Crippen molar-refractivity contribution in [3.05, 3.63) is 94.9 Å². The van der Waals surface area contributed by atoms with E-state index in [2.05, 4.69) is 0 Å². The highest BCUT2D eigenvalue weighted by Crippen LogP contribution is 2.41. The Morgan fingerprint density at radius 3 is 2.25 bits per heavy atom. The molecule has 3 aromatic carbocycles. The van der Waals surface area contributed by atoms with Gasteiger partial charge in [-0.3, -0.25) is 9.59 Å². The maximum atomic E-state index is 13.8. The number of hydrogen-bond donors (Lipinski definition) is 0. The van der Waals surface area contributed by atoms with Gasteiger partial charge in [-0.2, -0.15) is 0 Å². The molecule has 1 heterocycles. The Hall–Kier alpha value is -3.45. The summed E-state index contributed by atoms with van der Waals surface area (Å²) in [5.74, 6) is -2.71. The molecule has 162 valence electrons. The van der Waals surface area contributed by atoms with Gasteiger partial charge >= 0.3 is 0 Å². The molecular formula is C25H19F2NO3S. The van der Waals surface area contributed by atoms with Gasteiger partial charge in [-0.15, -0.1) is 0 Å². The first kappa shape index (κ1) is 21.8. The summed E-state index contributed by atoms with van der Waals surface area (Å²) < 4.78 is 32.9. The van der Waals surface area contributed by atoms with Crippen LogP contribution in [0.5, 0.6) is 5.75 Å². The zero-order valence-corrected chi connectivity index (χ0v) is 18.0. The van der Waals surface area contributed by atoms with Crippen LogP contribution in [0.2, 0.25) is 0 Å². The fourth-order valence-corrected chi connectivity index (χ4v) is 4.28. The highest BCUT2D eigenvalue weighted by molar-refractivity contribution is 8.04. The lowest BCUT2D eigenvalue weighted by molar-refractivity contribution is -0.119. The van der Waals surface area contributed by atoms with Crippen LogP contribution >= 0.6 is 11.8 Å². The third-order valence-corrected chi connectivity index (χ3v) is 5.87. The molecule has 0 spiro atoms. The van der Waals surface area contributed by atoms with Gasteiger partial charge in [-0.05, 0) is 48.4 Å². The fraction of sp³-hybridized carbons (Fsp3) is 0.120. The van der Waals surface area contributed by atoms with Gasteiger partial charge in [0.2, 0.25) is 0 Å². The lowest BCUT2D eigenvalue weighted by atomic mass is 10.1. The van der Waals surface area contributed by atoms with Crippen molar-refractivity contribution >= 4 is 34.8 Å². The van der Waals surface area contributed by atoms with Crippen molar-refractivity contribution in [3.8, 4) is 5.75 Å². The number of halogens is 2. The molecule has 0 saturated carbocycles. The Morgan fingerprint density at radius 2 is 1.59 bits per heavy atom. The summed E-state index contributed by atoms with van der Waals surface area (Å²) in [4.78, 5) is 28.5. The SMILES string of the molecule is CCCOc1ccc(C2=C(Sc3ccccc3)C(=O)N(c3ccc(F)c(F)c3)C2=O)cc1. The van der Waals surface area contributed by atoms with Crippen LogP contribution in [0, 0.1) is 11.6 Å². The van der Waals surface area contributed by atoms with E-state index in [1.54, 1.807) is 24.3 Å². The van der Waals surface area contributed by atoms with Crippen LogP contribution in [-0.2, 0) is 9.59 Å². The van der Waals surface area contributed by atoms with Gasteiger partial charge in [0, 0.05) is 11.0 Å². The first-order valence-corrected chi connectivity index (χ1v) is 10.9. The normalized spacial score (nSPS) is 13.8. The van der Waals surface area contributed by atoms with Crippen LogP contribution < -0.4 is 9.64 Å². The second-order valence-electron chi connectivity index (χ2n) is 7.04. The van der Waals surface area contributed by atoms with E-state index in [1.807, 2.05) is 37.3 Å². The van der Waals surface area contributed by atoms with E-state index >= 15 is 0 Å². The zero-order valence-electron chi connectivity index (χ0n) is 17.2. The maximum Gasteiger partial charge on any atom is 0.272 e. The fourth-order valence-electron chi connectivity index (χ4n) is 3.26. The van der Waals surface area contributed by atoms with Crippen LogP contribution in [0.4, 0.5) is 14.5 Å². The number of carbonyl (C=O) groups is 2. The van der Waals surface area contributed by atoms with Crippen LogP contribution in [0.3, 0.4) is 0 Å². The molecule has 0 aromatic heterocycles. The number of carbonyl (C=O) groups excluding carboxylic acids is 2. The summed E-state index contributed by atoms with van der Waals surface area (Å²) in [6.45, 7) is 2.57. The van der Waals surface area contributed by atoms with Crippen LogP contribution in [0.15, 0.2) is 82.6 Å². The van der Waals surface area contributed by atoms with Crippen molar-refractivity contribution in [2.75, 3.05) is 11.5 Å². The van der Waals surface area contributed by atoms with E-state index in [4.69, 9.17) is 4.74 Å². The van der Waals surface area contributed by atoms with E-state index in [1.165, 1.54) is 6.07 Å². The highest BCUT2D eigenvalue weighted by Gasteiger charge is 2.40. The van der Waals surface area contributed by atoms with E-state index in [9.17, 15) is 18.4 Å². The molecule has 1 aliphatic rings. The molecule has 0 N–H and O–H groups in total. The molecule has 1 aliphatic heterocycles. The molecule has 4 nitrogen and oxygen atoms in total. The predicted octanol–water partition coefficient (Wildman–Crippen LogP) is 5.83. The molecule has 0 fully saturated rings. The number of thioether (sulfide) groups is 1. The minimum absolute atomic E-state index is 0.0250. The van der Waals surface area contributed by atoms with Crippen molar-refractivity contribution in [2.45, 2.75) is 18.2 Å². The van der Waals surface area contributed by atoms with Gasteiger partial charge in [0.15, 0.2) is 11.6 Å². The molecular weight excluding hydrogens is 432 g/mol. The quantitative estimate of drug-likeness (QED) is 0.424. The van der Waals surface area contributed by atoms with Gasteiger partial charge in [0.1, 0.15) is 5.75 Å². The van der Waals surface area contributed by atoms with Gasteiger partial charge in [0.25, 0.3) is 11.8 Å². The minimum atomic E-state index is -1.13. The number of anilines is 1. The van der Waals surface area contributed by atoms with E-state index in [-0.39, 0.29) is 16.2 Å². The number of hydrogen-bond acceptors (Lipinski definition) is 4. The van der Waals surface area contributed by atoms with Crippen molar-refractivity contribution in [1.29, 1.82) is 0 Å². The minimum Gasteiger partial charge on any atom is -0.494 e. The Bertz CT molecular complexity index is 1190. The Labute approximate surface area is 188 Å². The number of ether oxygens (including phenoxy) is 1. The third kappa shape index (κ3) is 4.29. The van der Waals surface area contributed by atoms with E-state index < -0.39 is 23.4 Å². The Kier molecular flexibility index (Phi) is 6.37. The molecule has 4 rings (SSSR count). The van der Waals surface area contributed by atoms with Crippen LogP contribution in [0.1, 0.15) is 18.9 Å². The molecule has 0 saturated heterocycles. The highest BCUT2D eigenvalue weighted by atomic mass is 32.2. The number of amides is 2. The lowest BCUT2D eigenvalue weighted by Gasteiger charge is -2.15. The molecule has 0 radical (unpaired) electrons. The number of nitrogens with zero attached hydrogens (tertiary/aromatic N) is 1. The summed E-state index contributed by atoms with van der Waals surface area (Å²) in [7, 11) is 0. The average molecular weight is 451 g/mol. The molecule has 0 aliphatic carbocycles. The summed E-state index contributed by atoms with van der Waals surface area (Å²) in [6, 6.07) is 19.0. The Morgan fingerprint density at radius 1 is 0.875 bits per heavy atom. The van der Waals surface area contributed by atoms with E-state index in [0.717, 1.165) is 40.1 Å². The molecule has 0 atom stereocenters. The van der Waals surface area contributed by atoms with Crippen molar-refractivity contribution < 1.29 is 23.1 Å². The molecule has 2 amide bonds. The summed E-state index contributed by atoms with van der Waals surface area (Å²) in [5, 5.41) is 0. The second-order valence-corrected chi connectivity index (χ2v) is 8.12. The standard InChI is InChI=1S/C25H19F2NO3S/c1-2-14-31-18-11-8-16(9-12-18)22-23(32-19-6-4-3-5-7-19)25(30)28(24(22)29)17-10-13-20(26)21(27)15-17/h3-13,15H,2,14H2,1H3. The largest absolute Gasteiger partial charge is 0.494 e. The topological polar surface area (TPSA) is 46.6 Å². The molecule has 0 unspecified atom stereocenters. The average Bonchev–Trinajstić information content (AvgIpc) is 3.04. The Balaban J connectivity index is 1.76. The monoisotopic (exact) mass is 451 g/mol. The van der Waals surface area contributed by atoms with Crippen LogP contribution in [0.25, 0.3) is 5.57 Å². The number of rotatable bonds is 7. The van der Waals surface area contributed by atoms with Crippen molar-refractivity contribution in [1.82, 2.24) is 0 Å². The molecule has 0 bridgehead atoms. The third-order valence-electron chi connectivity index (χ3n) is 4.78. The van der Waals surface area contributed by atoms with Gasteiger partial charge in [-0.1, -0.05) is 49.0 Å². The molecule has 3 aromatic rings. The van der Waals surface area contributed by atoms with Crippen molar-refractivity contribution in [3.63, 3.8) is 0 Å². The number of benzene rings is 3.